The summed E-state index contributed by atoms with van der Waals surface area (Å²) in [5.41, 5.74) is 0. The molecule has 1 rings (SSSR count). The first-order chi connectivity index (χ1) is 7.28. The van der Waals surface area contributed by atoms with Crippen LogP contribution in [0.5, 0.6) is 0 Å². The van der Waals surface area contributed by atoms with Gasteiger partial charge in [0.25, 0.3) is 0 Å². The summed E-state index contributed by atoms with van der Waals surface area (Å²) in [6.07, 6.45) is -4.13. The lowest BCUT2D eigenvalue weighted by Crippen LogP contribution is -2.43. The van der Waals surface area contributed by atoms with Crippen LogP contribution in [0, 0.1) is 0 Å². The SMILES string of the molecule is O=P(O)(O)OCC(O)[C@@H]1C[C@@H](O)C[C@H](O)O1. The number of hydrogen-bond donors (Lipinski definition) is 5. The molecule has 5 N–H and O–H groups in total. The zero-order chi connectivity index (χ0) is 12.3. The Morgan fingerprint density at radius 3 is 2.50 bits per heavy atom. The summed E-state index contributed by atoms with van der Waals surface area (Å²) in [5.74, 6) is 0. The number of phosphoric acid groups is 1. The molecule has 0 bridgehead atoms. The molecule has 0 aromatic carbocycles. The van der Waals surface area contributed by atoms with E-state index in [1.165, 1.54) is 0 Å². The van der Waals surface area contributed by atoms with Gasteiger partial charge in [-0.25, -0.2) is 4.57 Å². The van der Waals surface area contributed by atoms with E-state index < -0.39 is 39.0 Å². The third kappa shape index (κ3) is 4.86. The number of ether oxygens (including phenoxy) is 1. The third-order valence-corrected chi connectivity index (χ3v) is 2.64. The summed E-state index contributed by atoms with van der Waals surface area (Å²) in [6.45, 7) is -0.631. The third-order valence-electron chi connectivity index (χ3n) is 2.15. The van der Waals surface area contributed by atoms with E-state index in [4.69, 9.17) is 19.6 Å². The Hall–Kier alpha value is -0.0500. The van der Waals surface area contributed by atoms with Gasteiger partial charge in [0.15, 0.2) is 6.29 Å². The Bertz CT molecular complexity index is 255. The number of aliphatic hydroxyl groups excluding tert-OH is 3. The molecule has 4 atom stereocenters. The van der Waals surface area contributed by atoms with E-state index in [-0.39, 0.29) is 12.8 Å². The second-order valence-corrected chi connectivity index (χ2v) is 4.85. The molecule has 1 aliphatic heterocycles. The molecule has 0 aliphatic carbocycles. The number of rotatable bonds is 4. The number of aliphatic hydroxyl groups is 3. The van der Waals surface area contributed by atoms with E-state index in [1.54, 1.807) is 0 Å². The van der Waals surface area contributed by atoms with Crippen molar-refractivity contribution in [3.8, 4) is 0 Å². The van der Waals surface area contributed by atoms with Crippen molar-refractivity contribution in [2.45, 2.75) is 37.4 Å². The van der Waals surface area contributed by atoms with E-state index in [0.717, 1.165) is 0 Å². The van der Waals surface area contributed by atoms with Crippen molar-refractivity contribution in [3.63, 3.8) is 0 Å². The van der Waals surface area contributed by atoms with Crippen LogP contribution in [0.25, 0.3) is 0 Å². The molecule has 8 nitrogen and oxygen atoms in total. The van der Waals surface area contributed by atoms with Crippen molar-refractivity contribution in [1.29, 1.82) is 0 Å². The predicted molar refractivity (Wildman–Crippen MR) is 50.1 cm³/mol. The van der Waals surface area contributed by atoms with Crippen molar-refractivity contribution >= 4 is 7.82 Å². The van der Waals surface area contributed by atoms with E-state index in [9.17, 15) is 14.8 Å². The summed E-state index contributed by atoms with van der Waals surface area (Å²) in [7, 11) is -4.64. The van der Waals surface area contributed by atoms with Gasteiger partial charge in [0.1, 0.15) is 6.10 Å². The van der Waals surface area contributed by atoms with Crippen LogP contribution in [0.1, 0.15) is 12.8 Å². The highest BCUT2D eigenvalue weighted by atomic mass is 31.2. The van der Waals surface area contributed by atoms with Crippen molar-refractivity contribution < 1.29 is 38.9 Å². The molecule has 1 fully saturated rings. The van der Waals surface area contributed by atoms with Crippen molar-refractivity contribution in [2.75, 3.05) is 6.61 Å². The molecule has 0 saturated carbocycles. The predicted octanol–water partition coefficient (Wildman–Crippen LogP) is -1.69. The lowest BCUT2D eigenvalue weighted by molar-refractivity contribution is -0.215. The van der Waals surface area contributed by atoms with Gasteiger partial charge in [-0.05, 0) is 0 Å². The zero-order valence-corrected chi connectivity index (χ0v) is 9.23. The minimum absolute atomic E-state index is 0.0442. The van der Waals surface area contributed by atoms with Crippen LogP contribution < -0.4 is 0 Å². The van der Waals surface area contributed by atoms with Gasteiger partial charge in [-0.1, -0.05) is 0 Å². The zero-order valence-electron chi connectivity index (χ0n) is 8.34. The lowest BCUT2D eigenvalue weighted by Gasteiger charge is -2.32. The quantitative estimate of drug-likeness (QED) is 0.377. The first-order valence-corrected chi connectivity index (χ1v) is 6.20. The second-order valence-electron chi connectivity index (χ2n) is 3.61. The molecule has 1 heterocycles. The van der Waals surface area contributed by atoms with Crippen LogP contribution in [0.2, 0.25) is 0 Å². The van der Waals surface area contributed by atoms with Crippen LogP contribution >= 0.6 is 7.82 Å². The molecule has 9 heteroatoms. The van der Waals surface area contributed by atoms with Gasteiger partial charge in [0.05, 0.1) is 18.8 Å². The number of phosphoric ester groups is 1. The van der Waals surface area contributed by atoms with Gasteiger partial charge in [0.2, 0.25) is 0 Å². The summed E-state index contributed by atoms with van der Waals surface area (Å²) in [5, 5.41) is 27.9. The van der Waals surface area contributed by atoms with Crippen LogP contribution in [0.15, 0.2) is 0 Å². The average Bonchev–Trinajstić information content (AvgIpc) is 2.11. The van der Waals surface area contributed by atoms with E-state index in [0.29, 0.717) is 0 Å². The van der Waals surface area contributed by atoms with E-state index in [1.807, 2.05) is 0 Å². The Morgan fingerprint density at radius 1 is 1.38 bits per heavy atom. The van der Waals surface area contributed by atoms with Crippen molar-refractivity contribution in [2.24, 2.45) is 0 Å². The smallest absolute Gasteiger partial charge is 0.393 e. The monoisotopic (exact) mass is 258 g/mol. The normalized spacial score (nSPS) is 33.7. The summed E-state index contributed by atoms with van der Waals surface area (Å²) in [6, 6.07) is 0. The van der Waals surface area contributed by atoms with Crippen LogP contribution in [0.4, 0.5) is 0 Å². The topological polar surface area (TPSA) is 137 Å². The minimum Gasteiger partial charge on any atom is -0.393 e. The fraction of sp³-hybridized carbons (Fsp3) is 1.00. The molecule has 0 aromatic rings. The summed E-state index contributed by atoms with van der Waals surface area (Å²) >= 11 is 0. The molecule has 1 unspecified atom stereocenters. The molecule has 96 valence electrons. The Kier molecular flexibility index (Phi) is 4.84. The minimum atomic E-state index is -4.64. The Balaban J connectivity index is 2.41. The Morgan fingerprint density at radius 2 is 2.00 bits per heavy atom. The van der Waals surface area contributed by atoms with Crippen LogP contribution in [-0.2, 0) is 13.8 Å². The fourth-order valence-corrected chi connectivity index (χ4v) is 1.79. The largest absolute Gasteiger partial charge is 0.469 e. The van der Waals surface area contributed by atoms with Crippen LogP contribution in [-0.4, -0.2) is 56.3 Å². The molecule has 0 aromatic heterocycles. The summed E-state index contributed by atoms with van der Waals surface area (Å²) in [4.78, 5) is 16.8. The van der Waals surface area contributed by atoms with Gasteiger partial charge in [-0.3, -0.25) is 4.52 Å². The highest BCUT2D eigenvalue weighted by Gasteiger charge is 2.33. The highest BCUT2D eigenvalue weighted by Crippen LogP contribution is 2.36. The molecular weight excluding hydrogens is 243 g/mol. The second kappa shape index (κ2) is 5.52. The maximum atomic E-state index is 10.4. The van der Waals surface area contributed by atoms with Crippen molar-refractivity contribution in [1.82, 2.24) is 0 Å². The lowest BCUT2D eigenvalue weighted by atomic mass is 10.0. The first kappa shape index (κ1) is 14.0. The van der Waals surface area contributed by atoms with Gasteiger partial charge >= 0.3 is 7.82 Å². The van der Waals surface area contributed by atoms with E-state index >= 15 is 0 Å². The molecule has 0 radical (unpaired) electrons. The molecule has 16 heavy (non-hydrogen) atoms. The Labute approximate surface area is 91.7 Å². The molecule has 0 amide bonds. The van der Waals surface area contributed by atoms with Gasteiger partial charge < -0.3 is 29.8 Å². The summed E-state index contributed by atoms with van der Waals surface area (Å²) < 4.78 is 19.4. The maximum absolute atomic E-state index is 10.4. The average molecular weight is 258 g/mol. The van der Waals surface area contributed by atoms with Gasteiger partial charge in [0, 0.05) is 12.8 Å². The van der Waals surface area contributed by atoms with Gasteiger partial charge in [-0.15, -0.1) is 0 Å². The maximum Gasteiger partial charge on any atom is 0.469 e. The first-order valence-electron chi connectivity index (χ1n) is 4.67. The van der Waals surface area contributed by atoms with Crippen molar-refractivity contribution in [3.05, 3.63) is 0 Å². The molecule has 1 aliphatic rings. The standard InChI is InChI=1S/C7H15O8P/c8-4-1-6(15-7(10)2-4)5(9)3-14-16(11,12)13/h4-10H,1-3H2,(H2,11,12,13)/t4-,5?,6+,7-/m1/s1. The number of hydrogen-bond acceptors (Lipinski definition) is 6. The van der Waals surface area contributed by atoms with Crippen LogP contribution in [0.3, 0.4) is 0 Å². The molecule has 1 saturated heterocycles. The fourth-order valence-electron chi connectivity index (χ4n) is 1.44. The molecular formula is C7H15O8P. The highest BCUT2D eigenvalue weighted by molar-refractivity contribution is 7.46. The van der Waals surface area contributed by atoms with Gasteiger partial charge in [-0.2, -0.15) is 0 Å². The molecule has 0 spiro atoms. The van der Waals surface area contributed by atoms with E-state index in [2.05, 4.69) is 4.52 Å².